The summed E-state index contributed by atoms with van der Waals surface area (Å²) in [6.45, 7) is 2.00. The van der Waals surface area contributed by atoms with Crippen LogP contribution in [0, 0.1) is 5.92 Å². The van der Waals surface area contributed by atoms with Crippen molar-refractivity contribution in [1.82, 2.24) is 0 Å². The van der Waals surface area contributed by atoms with Gasteiger partial charge in [0, 0.05) is 16.4 Å². The Morgan fingerprint density at radius 2 is 2.00 bits per heavy atom. The lowest BCUT2D eigenvalue weighted by atomic mass is 9.97. The molecular weight excluding hydrogens is 341 g/mol. The van der Waals surface area contributed by atoms with Crippen LogP contribution in [0.1, 0.15) is 35.7 Å². The third-order valence-corrected chi connectivity index (χ3v) is 4.38. The number of ether oxygens (including phenoxy) is 1. The van der Waals surface area contributed by atoms with Gasteiger partial charge in [0.2, 0.25) is 5.78 Å². The number of carbonyl (C=O) groups excluding carboxylic acids is 2. The van der Waals surface area contributed by atoms with Crippen molar-refractivity contribution in [3.63, 3.8) is 0 Å². The first-order valence-electron chi connectivity index (χ1n) is 7.45. The Balaban J connectivity index is 2.40. The zero-order chi connectivity index (χ0) is 17.9. The molecule has 0 radical (unpaired) electrons. The quantitative estimate of drug-likeness (QED) is 0.180. The number of carbonyl (C=O) groups is 2. The number of ketones is 2. The first-order valence-corrected chi connectivity index (χ1v) is 8.68. The van der Waals surface area contributed by atoms with E-state index in [1.54, 1.807) is 13.2 Å². The van der Waals surface area contributed by atoms with Crippen molar-refractivity contribution in [2.75, 3.05) is 12.9 Å². The first kappa shape index (κ1) is 18.6. The Kier molecular flexibility index (Phi) is 5.74. The lowest BCUT2D eigenvalue weighted by Crippen LogP contribution is -2.17. The van der Waals surface area contributed by atoms with Crippen LogP contribution in [-0.2, 0) is 15.7 Å². The van der Waals surface area contributed by atoms with E-state index in [0.29, 0.717) is 0 Å². The lowest BCUT2D eigenvalue weighted by molar-refractivity contribution is -0.137. The number of hydrogen-bond donors (Lipinski definition) is 0. The third-order valence-electron chi connectivity index (χ3n) is 3.60. The molecule has 0 bridgehead atoms. The second-order valence-corrected chi connectivity index (χ2v) is 6.22. The van der Waals surface area contributed by atoms with Gasteiger partial charge in [-0.3, -0.25) is 9.59 Å². The molecule has 1 saturated carbocycles. The highest BCUT2D eigenvalue weighted by Gasteiger charge is 2.36. The van der Waals surface area contributed by atoms with Gasteiger partial charge in [-0.2, -0.15) is 13.2 Å². The van der Waals surface area contributed by atoms with Crippen LogP contribution in [-0.4, -0.2) is 24.4 Å². The molecule has 0 N–H and O–H groups in total. The van der Waals surface area contributed by atoms with E-state index in [9.17, 15) is 22.8 Å². The maximum Gasteiger partial charge on any atom is 0.416 e. The molecule has 7 heteroatoms. The molecule has 24 heavy (non-hydrogen) atoms. The molecular formula is C17H17F3O3S. The fourth-order valence-electron chi connectivity index (χ4n) is 2.16. The zero-order valence-corrected chi connectivity index (χ0v) is 14.1. The summed E-state index contributed by atoms with van der Waals surface area (Å²) >= 11 is 1.03. The van der Waals surface area contributed by atoms with Crippen LogP contribution in [0.25, 0.3) is 0 Å². The monoisotopic (exact) mass is 358 g/mol. The van der Waals surface area contributed by atoms with Crippen LogP contribution >= 0.6 is 11.8 Å². The third kappa shape index (κ3) is 4.20. The van der Waals surface area contributed by atoms with Crippen molar-refractivity contribution >= 4 is 23.3 Å². The standard InChI is InChI=1S/C17H17F3O3S/c1-3-23-9-13(15(21)10-4-5-10)16(22)12-7-6-11(17(18,19)20)8-14(12)24-2/h6-10H,3-5H2,1-2H3/b13-9-. The zero-order valence-electron chi connectivity index (χ0n) is 13.3. The fraction of sp³-hybridized carbons (Fsp3) is 0.412. The summed E-state index contributed by atoms with van der Waals surface area (Å²) < 4.78 is 43.6. The van der Waals surface area contributed by atoms with Gasteiger partial charge in [-0.15, -0.1) is 11.8 Å². The van der Waals surface area contributed by atoms with Crippen LogP contribution in [0.15, 0.2) is 34.9 Å². The van der Waals surface area contributed by atoms with Crippen LogP contribution < -0.4 is 0 Å². The summed E-state index contributed by atoms with van der Waals surface area (Å²) in [4.78, 5) is 25.2. The molecule has 0 spiro atoms. The molecule has 1 aliphatic rings. The summed E-state index contributed by atoms with van der Waals surface area (Å²) in [5.74, 6) is -1.09. The molecule has 0 aliphatic heterocycles. The van der Waals surface area contributed by atoms with Gasteiger partial charge in [-0.05, 0) is 44.2 Å². The number of rotatable bonds is 7. The molecule has 1 aliphatic carbocycles. The molecule has 0 unspecified atom stereocenters. The lowest BCUT2D eigenvalue weighted by Gasteiger charge is -2.12. The Labute approximate surface area is 142 Å². The summed E-state index contributed by atoms with van der Waals surface area (Å²) in [5.41, 5.74) is -0.850. The predicted octanol–water partition coefficient (Wildman–Crippen LogP) is 4.51. The largest absolute Gasteiger partial charge is 0.501 e. The highest BCUT2D eigenvalue weighted by molar-refractivity contribution is 7.98. The Morgan fingerprint density at radius 1 is 1.33 bits per heavy atom. The summed E-state index contributed by atoms with van der Waals surface area (Å²) in [5, 5.41) is 0. The fourth-order valence-corrected chi connectivity index (χ4v) is 2.78. The van der Waals surface area contributed by atoms with Gasteiger partial charge in [0.05, 0.1) is 18.4 Å². The Hall–Kier alpha value is -1.76. The van der Waals surface area contributed by atoms with Crippen molar-refractivity contribution < 1.29 is 27.5 Å². The van der Waals surface area contributed by atoms with E-state index in [-0.39, 0.29) is 34.3 Å². The molecule has 0 heterocycles. The minimum atomic E-state index is -4.49. The summed E-state index contributed by atoms with van der Waals surface area (Å²) in [7, 11) is 0. The highest BCUT2D eigenvalue weighted by Crippen LogP contribution is 2.36. The van der Waals surface area contributed by atoms with Gasteiger partial charge in [-0.1, -0.05) is 0 Å². The van der Waals surface area contributed by atoms with Crippen molar-refractivity contribution in [1.29, 1.82) is 0 Å². The maximum atomic E-state index is 12.8. The average Bonchev–Trinajstić information content (AvgIpc) is 3.38. The Morgan fingerprint density at radius 3 is 2.50 bits per heavy atom. The van der Waals surface area contributed by atoms with Gasteiger partial charge in [0.25, 0.3) is 0 Å². The van der Waals surface area contributed by atoms with Crippen LogP contribution in [0.2, 0.25) is 0 Å². The smallest absolute Gasteiger partial charge is 0.416 e. The van der Waals surface area contributed by atoms with Gasteiger partial charge < -0.3 is 4.74 Å². The minimum Gasteiger partial charge on any atom is -0.501 e. The molecule has 1 fully saturated rings. The van der Waals surface area contributed by atoms with E-state index in [2.05, 4.69) is 0 Å². The second kappa shape index (κ2) is 7.42. The molecule has 0 atom stereocenters. The van der Waals surface area contributed by atoms with E-state index in [4.69, 9.17) is 4.74 Å². The topological polar surface area (TPSA) is 43.4 Å². The summed E-state index contributed by atoms with van der Waals surface area (Å²) in [6, 6.07) is 2.90. The average molecular weight is 358 g/mol. The molecule has 0 amide bonds. The normalized spacial score (nSPS) is 15.3. The van der Waals surface area contributed by atoms with E-state index in [1.807, 2.05) is 0 Å². The van der Waals surface area contributed by atoms with Gasteiger partial charge in [0.1, 0.15) is 5.57 Å². The maximum absolute atomic E-state index is 12.8. The van der Waals surface area contributed by atoms with Gasteiger partial charge >= 0.3 is 6.18 Å². The molecule has 2 rings (SSSR count). The van der Waals surface area contributed by atoms with Crippen LogP contribution in [0.3, 0.4) is 0 Å². The van der Waals surface area contributed by atoms with Crippen molar-refractivity contribution in [2.45, 2.75) is 30.8 Å². The van der Waals surface area contributed by atoms with E-state index >= 15 is 0 Å². The number of allylic oxidation sites excluding steroid dienone is 1. The van der Waals surface area contributed by atoms with E-state index < -0.39 is 17.5 Å². The number of hydrogen-bond acceptors (Lipinski definition) is 4. The number of thioether (sulfide) groups is 1. The summed E-state index contributed by atoms with van der Waals surface area (Å²) in [6.07, 6.45) is -0.332. The number of alkyl halides is 3. The van der Waals surface area contributed by atoms with Crippen molar-refractivity contribution in [3.05, 3.63) is 41.2 Å². The Bertz CT molecular complexity index is 676. The number of halogens is 3. The molecule has 0 aromatic heterocycles. The molecule has 1 aromatic carbocycles. The van der Waals surface area contributed by atoms with Crippen molar-refractivity contribution in [2.24, 2.45) is 5.92 Å². The number of Topliss-reactive ketones (excluding diaryl/α,β-unsaturated/α-hetero) is 2. The van der Waals surface area contributed by atoms with Gasteiger partial charge in [0.15, 0.2) is 5.78 Å². The molecule has 0 saturated heterocycles. The van der Waals surface area contributed by atoms with E-state index in [1.165, 1.54) is 0 Å². The first-order chi connectivity index (χ1) is 11.3. The van der Waals surface area contributed by atoms with Crippen LogP contribution in [0.4, 0.5) is 13.2 Å². The van der Waals surface area contributed by atoms with Crippen molar-refractivity contribution in [3.8, 4) is 0 Å². The molecule has 130 valence electrons. The van der Waals surface area contributed by atoms with E-state index in [0.717, 1.165) is 49.1 Å². The minimum absolute atomic E-state index is 0.0791. The molecule has 3 nitrogen and oxygen atoms in total. The molecule has 1 aromatic rings. The predicted molar refractivity (Wildman–Crippen MR) is 85.0 cm³/mol. The SMILES string of the molecule is CCO/C=C(\C(=O)c1ccc(C(F)(F)F)cc1SC)C(=O)C1CC1. The highest BCUT2D eigenvalue weighted by atomic mass is 32.2. The van der Waals surface area contributed by atoms with Gasteiger partial charge in [-0.25, -0.2) is 0 Å². The second-order valence-electron chi connectivity index (χ2n) is 5.37. The number of benzene rings is 1. The van der Waals surface area contributed by atoms with Crippen LogP contribution in [0.5, 0.6) is 0 Å².